The van der Waals surface area contributed by atoms with Crippen molar-refractivity contribution in [2.24, 2.45) is 0 Å². The van der Waals surface area contributed by atoms with Crippen molar-refractivity contribution in [2.75, 3.05) is 7.11 Å². The summed E-state index contributed by atoms with van der Waals surface area (Å²) in [5.41, 5.74) is 1.71. The summed E-state index contributed by atoms with van der Waals surface area (Å²) in [5, 5.41) is 9.31. The van der Waals surface area contributed by atoms with Gasteiger partial charge in [-0.1, -0.05) is 11.6 Å². The minimum atomic E-state index is -0.940. The fourth-order valence-corrected chi connectivity index (χ4v) is 3.01. The zero-order chi connectivity index (χ0) is 14.7. The van der Waals surface area contributed by atoms with Crippen molar-refractivity contribution >= 4 is 34.5 Å². The molecule has 0 radical (unpaired) electrons. The number of hydrogen-bond donors (Lipinski definition) is 1. The highest BCUT2D eigenvalue weighted by atomic mass is 35.5. The Hall–Kier alpha value is -1.78. The van der Waals surface area contributed by atoms with E-state index in [-0.39, 0.29) is 0 Å². The van der Waals surface area contributed by atoms with Gasteiger partial charge in [-0.05, 0) is 48.4 Å². The van der Waals surface area contributed by atoms with Crippen LogP contribution in [-0.4, -0.2) is 18.2 Å². The van der Waals surface area contributed by atoms with E-state index in [1.165, 1.54) is 17.4 Å². The van der Waals surface area contributed by atoms with Crippen LogP contribution in [0.3, 0.4) is 0 Å². The van der Waals surface area contributed by atoms with Crippen molar-refractivity contribution in [2.45, 2.75) is 6.92 Å². The molecule has 1 N–H and O–H groups in total. The van der Waals surface area contributed by atoms with Gasteiger partial charge in [-0.15, -0.1) is 11.3 Å². The fourth-order valence-electron chi connectivity index (χ4n) is 1.78. The van der Waals surface area contributed by atoms with E-state index in [1.54, 1.807) is 14.0 Å². The lowest BCUT2D eigenvalue weighted by Gasteiger charge is -2.04. The fraction of sp³-hybridized carbons (Fsp3) is 0.133. The summed E-state index contributed by atoms with van der Waals surface area (Å²) in [7, 11) is 1.57. The van der Waals surface area contributed by atoms with E-state index in [2.05, 4.69) is 0 Å². The molecule has 1 heterocycles. The number of benzene rings is 1. The lowest BCUT2D eigenvalue weighted by molar-refractivity contribution is -0.131. The topological polar surface area (TPSA) is 46.5 Å². The summed E-state index contributed by atoms with van der Waals surface area (Å²) in [4.78, 5) is 12.6. The van der Waals surface area contributed by atoms with Crippen LogP contribution in [0.2, 0.25) is 5.02 Å². The van der Waals surface area contributed by atoms with Gasteiger partial charge in [-0.2, -0.15) is 0 Å². The largest absolute Gasteiger partial charge is 0.495 e. The Balaban J connectivity index is 2.33. The van der Waals surface area contributed by atoms with Crippen LogP contribution >= 0.6 is 22.9 Å². The van der Waals surface area contributed by atoms with E-state index < -0.39 is 5.97 Å². The highest BCUT2D eigenvalue weighted by molar-refractivity contribution is 7.16. The molecule has 0 atom stereocenters. The molecule has 0 unspecified atom stereocenters. The Morgan fingerprint density at radius 3 is 2.70 bits per heavy atom. The number of allylic oxidation sites excluding steroid dienone is 1. The lowest BCUT2D eigenvalue weighted by atomic mass is 10.2. The van der Waals surface area contributed by atoms with Gasteiger partial charge in [0, 0.05) is 15.8 Å². The van der Waals surface area contributed by atoms with Crippen molar-refractivity contribution in [1.82, 2.24) is 0 Å². The van der Waals surface area contributed by atoms with Gasteiger partial charge in [0.15, 0.2) is 0 Å². The SMILES string of the molecule is COc1ccc(-c2ccc(/C(C)=C/C(=O)O)s2)cc1Cl. The number of halogens is 1. The quantitative estimate of drug-likeness (QED) is 0.842. The number of thiophene rings is 1. The predicted octanol–water partition coefficient (Wildman–Crippen LogP) is 4.57. The molecule has 0 fully saturated rings. The van der Waals surface area contributed by atoms with Gasteiger partial charge < -0.3 is 9.84 Å². The van der Waals surface area contributed by atoms with E-state index in [0.29, 0.717) is 10.8 Å². The Bertz CT molecular complexity index is 674. The summed E-state index contributed by atoms with van der Waals surface area (Å²) in [6.45, 7) is 1.78. The number of methoxy groups -OCH3 is 1. The molecule has 2 rings (SSSR count). The average molecular weight is 309 g/mol. The Kier molecular flexibility index (Phi) is 4.47. The minimum Gasteiger partial charge on any atom is -0.495 e. The highest BCUT2D eigenvalue weighted by Gasteiger charge is 2.08. The summed E-state index contributed by atoms with van der Waals surface area (Å²) < 4.78 is 5.12. The summed E-state index contributed by atoms with van der Waals surface area (Å²) >= 11 is 7.64. The number of rotatable bonds is 4. The predicted molar refractivity (Wildman–Crippen MR) is 82.6 cm³/mol. The third kappa shape index (κ3) is 3.21. The van der Waals surface area contributed by atoms with Crippen molar-refractivity contribution in [1.29, 1.82) is 0 Å². The second-order valence-electron chi connectivity index (χ2n) is 4.18. The van der Waals surface area contributed by atoms with Crippen molar-refractivity contribution < 1.29 is 14.6 Å². The molecule has 0 aliphatic carbocycles. The Morgan fingerprint density at radius 1 is 1.35 bits per heavy atom. The van der Waals surface area contributed by atoms with E-state index >= 15 is 0 Å². The molecular formula is C15H13ClO3S. The van der Waals surface area contributed by atoms with E-state index in [0.717, 1.165) is 20.9 Å². The molecule has 20 heavy (non-hydrogen) atoms. The number of carboxylic acid groups (broad SMARTS) is 1. The number of carbonyl (C=O) groups is 1. The molecule has 0 spiro atoms. The van der Waals surface area contributed by atoms with Gasteiger partial charge in [-0.3, -0.25) is 0 Å². The molecule has 1 aromatic heterocycles. The first-order chi connectivity index (χ1) is 9.51. The number of carboxylic acids is 1. The maximum Gasteiger partial charge on any atom is 0.328 e. The van der Waals surface area contributed by atoms with Gasteiger partial charge in [0.05, 0.1) is 12.1 Å². The first-order valence-corrected chi connectivity index (χ1v) is 7.06. The first kappa shape index (κ1) is 14.6. The molecule has 0 aliphatic rings. The van der Waals surface area contributed by atoms with Crippen LogP contribution in [-0.2, 0) is 4.79 Å². The Labute approximate surface area is 126 Å². The van der Waals surface area contributed by atoms with Crippen molar-refractivity contribution in [3.05, 3.63) is 46.3 Å². The molecule has 3 nitrogen and oxygen atoms in total. The molecule has 0 aliphatic heterocycles. The minimum absolute atomic E-state index is 0.553. The zero-order valence-electron chi connectivity index (χ0n) is 11.0. The smallest absolute Gasteiger partial charge is 0.328 e. The van der Waals surface area contributed by atoms with Gasteiger partial charge >= 0.3 is 5.97 Å². The third-order valence-corrected chi connectivity index (χ3v) is 4.34. The summed E-state index contributed by atoms with van der Waals surface area (Å²) in [5.74, 6) is -0.306. The van der Waals surface area contributed by atoms with Crippen LogP contribution in [0.1, 0.15) is 11.8 Å². The Morgan fingerprint density at radius 2 is 2.10 bits per heavy atom. The second kappa shape index (κ2) is 6.11. The lowest BCUT2D eigenvalue weighted by Crippen LogP contribution is -1.88. The van der Waals surface area contributed by atoms with Crippen LogP contribution in [0.4, 0.5) is 0 Å². The normalized spacial score (nSPS) is 11.4. The first-order valence-electron chi connectivity index (χ1n) is 5.86. The van der Waals surface area contributed by atoms with E-state index in [1.807, 2.05) is 30.3 Å². The third-order valence-electron chi connectivity index (χ3n) is 2.77. The number of ether oxygens (including phenoxy) is 1. The number of hydrogen-bond acceptors (Lipinski definition) is 3. The van der Waals surface area contributed by atoms with Crippen LogP contribution in [0.5, 0.6) is 5.75 Å². The molecule has 0 saturated carbocycles. The molecular weight excluding hydrogens is 296 g/mol. The average Bonchev–Trinajstić information content (AvgIpc) is 2.87. The van der Waals surface area contributed by atoms with E-state index in [4.69, 9.17) is 21.4 Å². The van der Waals surface area contributed by atoms with Crippen LogP contribution < -0.4 is 4.74 Å². The van der Waals surface area contributed by atoms with Gasteiger partial charge in [0.1, 0.15) is 5.75 Å². The molecule has 1 aromatic carbocycles. The maximum absolute atomic E-state index is 10.7. The van der Waals surface area contributed by atoms with Gasteiger partial charge in [-0.25, -0.2) is 4.79 Å². The molecule has 5 heteroatoms. The molecule has 0 saturated heterocycles. The summed E-state index contributed by atoms with van der Waals surface area (Å²) in [6, 6.07) is 9.45. The maximum atomic E-state index is 10.7. The second-order valence-corrected chi connectivity index (χ2v) is 5.67. The molecule has 2 aromatic rings. The molecule has 104 valence electrons. The zero-order valence-corrected chi connectivity index (χ0v) is 12.6. The summed E-state index contributed by atoms with van der Waals surface area (Å²) in [6.07, 6.45) is 1.20. The molecule has 0 amide bonds. The van der Waals surface area contributed by atoms with Crippen molar-refractivity contribution in [3.63, 3.8) is 0 Å². The van der Waals surface area contributed by atoms with Crippen LogP contribution in [0, 0.1) is 0 Å². The van der Waals surface area contributed by atoms with E-state index in [9.17, 15) is 4.79 Å². The highest BCUT2D eigenvalue weighted by Crippen LogP contribution is 2.35. The van der Waals surface area contributed by atoms with Crippen LogP contribution in [0.25, 0.3) is 16.0 Å². The monoisotopic (exact) mass is 308 g/mol. The molecule has 0 bridgehead atoms. The van der Waals surface area contributed by atoms with Gasteiger partial charge in [0.2, 0.25) is 0 Å². The van der Waals surface area contributed by atoms with Gasteiger partial charge in [0.25, 0.3) is 0 Å². The number of aliphatic carboxylic acids is 1. The van der Waals surface area contributed by atoms with Crippen molar-refractivity contribution in [3.8, 4) is 16.2 Å². The van der Waals surface area contributed by atoms with Crippen LogP contribution in [0.15, 0.2) is 36.4 Å². The standard InChI is InChI=1S/C15H13ClO3S/c1-9(7-15(17)18)13-5-6-14(20-13)10-3-4-12(19-2)11(16)8-10/h3-8H,1-2H3,(H,17,18)/b9-7+.